The van der Waals surface area contributed by atoms with E-state index in [4.69, 9.17) is 33.2 Å². The summed E-state index contributed by atoms with van der Waals surface area (Å²) in [6.07, 6.45) is -25.2. The molecule has 4 saturated carbocycles. The molecule has 0 spiro atoms. The molecule has 0 unspecified atom stereocenters. The average Bonchev–Trinajstić information content (AvgIpc) is 3.28. The zero-order valence-electron chi connectivity index (χ0n) is 42.2. The first-order chi connectivity index (χ1) is 33.3. The van der Waals surface area contributed by atoms with Crippen LogP contribution in [0.1, 0.15) is 114 Å². The van der Waals surface area contributed by atoms with E-state index in [9.17, 15) is 70.2 Å². The third-order valence-corrected chi connectivity index (χ3v) is 19.7. The molecule has 0 aromatic heterocycles. The van der Waals surface area contributed by atoms with Gasteiger partial charge in [0.05, 0.1) is 17.6 Å². The molecule has 0 amide bonds. The zero-order valence-corrected chi connectivity index (χ0v) is 42.2. The van der Waals surface area contributed by atoms with Crippen molar-refractivity contribution >= 4 is 29.7 Å². The molecule has 406 valence electrons. The summed E-state index contributed by atoms with van der Waals surface area (Å²) in [5, 5.41) is 107. The molecule has 0 bridgehead atoms. The highest BCUT2D eigenvalue weighted by molar-refractivity contribution is 5.95. The van der Waals surface area contributed by atoms with E-state index in [0.717, 1.165) is 5.57 Å². The van der Waals surface area contributed by atoms with E-state index in [0.29, 0.717) is 32.1 Å². The molecule has 7 fully saturated rings. The topological polar surface area (TPSA) is 352 Å². The number of ether oxygens (including phenoxy) is 7. The van der Waals surface area contributed by atoms with E-state index in [1.165, 1.54) is 13.8 Å². The highest BCUT2D eigenvalue weighted by Crippen LogP contribution is 2.75. The molecule has 22 nitrogen and oxygen atoms in total. The number of ketones is 1. The summed E-state index contributed by atoms with van der Waals surface area (Å²) in [6.45, 7) is 16.8. The Morgan fingerprint density at radius 2 is 1.17 bits per heavy atom. The first-order valence-corrected chi connectivity index (χ1v) is 25.1. The zero-order chi connectivity index (χ0) is 53.3. The molecule has 8 rings (SSSR count). The highest BCUT2D eigenvalue weighted by atomic mass is 16.8. The van der Waals surface area contributed by atoms with Gasteiger partial charge in [0.15, 0.2) is 36.9 Å². The number of carboxylic acids is 3. The summed E-state index contributed by atoms with van der Waals surface area (Å²) in [6, 6.07) is 0. The van der Waals surface area contributed by atoms with Crippen molar-refractivity contribution in [1.29, 1.82) is 0 Å². The minimum Gasteiger partial charge on any atom is -0.481 e. The number of aliphatic carboxylic acids is 3. The van der Waals surface area contributed by atoms with Crippen molar-refractivity contribution in [1.82, 2.24) is 0 Å². The van der Waals surface area contributed by atoms with Gasteiger partial charge in [-0.1, -0.05) is 47.1 Å². The molecule has 25 atom stereocenters. The van der Waals surface area contributed by atoms with Gasteiger partial charge in [-0.05, 0) is 98.4 Å². The molecule has 3 heterocycles. The number of allylic oxidation sites excluding steroid dienone is 2. The Kier molecular flexibility index (Phi) is 14.4. The molecule has 3 aliphatic heterocycles. The first-order valence-electron chi connectivity index (χ1n) is 25.1. The van der Waals surface area contributed by atoms with Gasteiger partial charge in [0, 0.05) is 24.7 Å². The quantitative estimate of drug-likeness (QED) is 0.106. The van der Waals surface area contributed by atoms with Gasteiger partial charge in [-0.3, -0.25) is 14.4 Å². The van der Waals surface area contributed by atoms with Crippen LogP contribution >= 0.6 is 0 Å². The van der Waals surface area contributed by atoms with E-state index in [1.807, 2.05) is 20.8 Å². The van der Waals surface area contributed by atoms with Gasteiger partial charge in [-0.15, -0.1) is 0 Å². The van der Waals surface area contributed by atoms with E-state index in [-0.39, 0.29) is 36.9 Å². The van der Waals surface area contributed by atoms with Crippen molar-refractivity contribution in [3.05, 3.63) is 11.6 Å². The lowest BCUT2D eigenvalue weighted by molar-refractivity contribution is -0.392. The predicted octanol–water partition coefficient (Wildman–Crippen LogP) is 0.639. The van der Waals surface area contributed by atoms with Gasteiger partial charge in [0.25, 0.3) is 0 Å². The number of rotatable bonds is 10. The van der Waals surface area contributed by atoms with Crippen LogP contribution in [0.3, 0.4) is 0 Å². The van der Waals surface area contributed by atoms with Gasteiger partial charge < -0.3 is 84.2 Å². The third kappa shape index (κ3) is 8.46. The van der Waals surface area contributed by atoms with Crippen LogP contribution in [0.15, 0.2) is 11.6 Å². The number of carbonyl (C=O) groups is 5. The van der Waals surface area contributed by atoms with E-state index >= 15 is 4.79 Å². The van der Waals surface area contributed by atoms with Gasteiger partial charge in [-0.2, -0.15) is 0 Å². The Labute approximate surface area is 416 Å². The molecule has 10 N–H and O–H groups in total. The Bertz CT molecular complexity index is 2190. The van der Waals surface area contributed by atoms with Gasteiger partial charge in [0.1, 0.15) is 61.0 Å². The third-order valence-electron chi connectivity index (χ3n) is 19.7. The van der Waals surface area contributed by atoms with Crippen LogP contribution in [0.25, 0.3) is 0 Å². The van der Waals surface area contributed by atoms with Gasteiger partial charge >= 0.3 is 23.9 Å². The number of carbonyl (C=O) groups excluding carboxylic acids is 2. The van der Waals surface area contributed by atoms with Crippen molar-refractivity contribution in [2.24, 2.45) is 50.2 Å². The maximum atomic E-state index is 15.2. The summed E-state index contributed by atoms with van der Waals surface area (Å²) in [5.74, 6) is -6.08. The summed E-state index contributed by atoms with van der Waals surface area (Å²) in [7, 11) is 0. The molecule has 0 aromatic rings. The summed E-state index contributed by atoms with van der Waals surface area (Å²) < 4.78 is 41.5. The lowest BCUT2D eigenvalue weighted by Gasteiger charge is -2.71. The number of aliphatic hydroxyl groups excluding tert-OH is 7. The number of aliphatic hydroxyl groups is 7. The van der Waals surface area contributed by atoms with Crippen LogP contribution in [0.4, 0.5) is 0 Å². The molecule has 22 heteroatoms. The fraction of sp³-hybridized carbons (Fsp3) is 0.860. The van der Waals surface area contributed by atoms with Crippen LogP contribution in [0.2, 0.25) is 0 Å². The Balaban J connectivity index is 1.09. The molecule has 0 aromatic carbocycles. The van der Waals surface area contributed by atoms with Crippen molar-refractivity contribution in [2.45, 2.75) is 218 Å². The van der Waals surface area contributed by atoms with Crippen LogP contribution in [-0.4, -0.2) is 185 Å². The monoisotopic (exact) mass is 1030 g/mol. The summed E-state index contributed by atoms with van der Waals surface area (Å²) >= 11 is 0. The molecular formula is C50H74O22. The van der Waals surface area contributed by atoms with Crippen LogP contribution in [0, 0.1) is 50.2 Å². The standard InChI is InChI=1S/C50H74O22/c1-19-27(53)28(54)33(59)41(66-19)71-37-32(58)30(56)35(40(62)63)70-43(37)72-36-31(57)29(55)34(39(60)61)69-42(36)68-25-11-12-48(7)24(45(25,3)4)10-13-50(9)38(48)23(52)16-21-22-17-46(5,44(64)65)18-26(67-20(2)51)47(22,6)14-15-49(21,50)8/h16,19,22,24-38,41-43,53-59H,10-15,17-18H2,1-9H3,(H,60,61)(H,62,63)(H,64,65)/t19-,22+,24-,25-,26+,27-,28+,29+,30-,31+,32-,33+,34+,35-,36-,37+,38+,41-,42-,43-,46+,47+,48-,49+,50+/m1/s1. The largest absolute Gasteiger partial charge is 0.481 e. The van der Waals surface area contributed by atoms with E-state index in [2.05, 4.69) is 20.8 Å². The van der Waals surface area contributed by atoms with Gasteiger partial charge in [0.2, 0.25) is 0 Å². The Morgan fingerprint density at radius 1 is 0.611 bits per heavy atom. The van der Waals surface area contributed by atoms with Crippen molar-refractivity contribution in [3.8, 4) is 0 Å². The Morgan fingerprint density at radius 3 is 1.71 bits per heavy atom. The second-order valence-electron chi connectivity index (χ2n) is 24.1. The van der Waals surface area contributed by atoms with Crippen molar-refractivity contribution in [3.63, 3.8) is 0 Å². The number of esters is 1. The lowest BCUT2D eigenvalue weighted by atomic mass is 9.33. The summed E-state index contributed by atoms with van der Waals surface area (Å²) in [5.41, 5.74) is -3.56. The minimum absolute atomic E-state index is 0.0729. The molecule has 8 aliphatic rings. The number of hydrogen-bond acceptors (Lipinski definition) is 19. The van der Waals surface area contributed by atoms with Crippen LogP contribution in [0.5, 0.6) is 0 Å². The maximum absolute atomic E-state index is 15.2. The SMILES string of the molecule is CC(=O)O[C@H]1C[C@@](C)(C(=O)O)C[C@H]2C3=CC(=O)[C@H]4[C@]5(C)CC[C@@H](O[C@@H]6O[C@H](C(=O)O)[C@@H](O)[C@H](O)[C@H]6O[C@H]6O[C@@H](C(=O)O)[C@H](O)[C@@H](O)[C@@H]6O[C@H]6O[C@H](C)[C@@H](O)[C@H](O)[C@@H]6O)C(C)(C)[C@H]5CC[C@]4(C)[C@@]3(C)CC[C@]12C. The lowest BCUT2D eigenvalue weighted by Crippen LogP contribution is -2.69. The first kappa shape index (κ1) is 55.0. The summed E-state index contributed by atoms with van der Waals surface area (Å²) in [4.78, 5) is 65.3. The van der Waals surface area contributed by atoms with Crippen molar-refractivity contribution < 1.29 is 108 Å². The molecule has 72 heavy (non-hydrogen) atoms. The van der Waals surface area contributed by atoms with Crippen LogP contribution in [-0.2, 0) is 57.1 Å². The number of carboxylic acid groups (broad SMARTS) is 3. The number of fused-ring (bicyclic) bond motifs is 7. The highest BCUT2D eigenvalue weighted by Gasteiger charge is 2.72. The smallest absolute Gasteiger partial charge is 0.335 e. The van der Waals surface area contributed by atoms with Crippen molar-refractivity contribution in [2.75, 3.05) is 0 Å². The van der Waals surface area contributed by atoms with Crippen LogP contribution < -0.4 is 0 Å². The Hall–Kier alpha value is -3.23. The average molecular weight is 1030 g/mol. The second-order valence-corrected chi connectivity index (χ2v) is 24.1. The number of hydrogen-bond donors (Lipinski definition) is 10. The van der Waals surface area contributed by atoms with E-state index in [1.54, 1.807) is 13.0 Å². The maximum Gasteiger partial charge on any atom is 0.335 e. The molecule has 3 saturated heterocycles. The van der Waals surface area contributed by atoms with E-state index < -0.39 is 167 Å². The molecule has 0 radical (unpaired) electrons. The minimum atomic E-state index is -2.18. The normalized spacial score (nSPS) is 52.1. The molecular weight excluding hydrogens is 953 g/mol. The van der Waals surface area contributed by atoms with Gasteiger partial charge in [-0.25, -0.2) is 9.59 Å². The fourth-order valence-corrected chi connectivity index (χ4v) is 15.2. The predicted molar refractivity (Wildman–Crippen MR) is 242 cm³/mol. The second kappa shape index (κ2) is 18.8. The molecule has 5 aliphatic carbocycles. The fourth-order valence-electron chi connectivity index (χ4n) is 15.2.